The fourth-order valence-corrected chi connectivity index (χ4v) is 3.14. The fourth-order valence-electron chi connectivity index (χ4n) is 3.14. The van der Waals surface area contributed by atoms with E-state index in [4.69, 9.17) is 0 Å². The van der Waals surface area contributed by atoms with E-state index in [1.807, 2.05) is 0 Å². The van der Waals surface area contributed by atoms with Gasteiger partial charge in [-0.25, -0.2) is 0 Å². The summed E-state index contributed by atoms with van der Waals surface area (Å²) in [6, 6.07) is 12.2. The van der Waals surface area contributed by atoms with Crippen LogP contribution >= 0.6 is 0 Å². The van der Waals surface area contributed by atoms with Crippen molar-refractivity contribution >= 4 is 0 Å². The number of hydrogen-bond acceptors (Lipinski definition) is 2. The van der Waals surface area contributed by atoms with Gasteiger partial charge in [0.05, 0.1) is 0 Å². The predicted octanol–water partition coefficient (Wildman–Crippen LogP) is 3.46. The molecule has 0 radical (unpaired) electrons. The van der Waals surface area contributed by atoms with Crippen LogP contribution in [0, 0.1) is 5.92 Å². The highest BCUT2D eigenvalue weighted by molar-refractivity contribution is 5.19. The zero-order valence-electron chi connectivity index (χ0n) is 12.6. The molecular formula is C17H28N2. The van der Waals surface area contributed by atoms with Crippen molar-refractivity contribution in [3.63, 3.8) is 0 Å². The van der Waals surface area contributed by atoms with E-state index in [9.17, 15) is 0 Å². The molecule has 2 nitrogen and oxygen atoms in total. The molecule has 1 unspecified atom stereocenters. The first kappa shape index (κ1) is 14.5. The SMILES string of the molecule is CCN(CC)C(CNC1CC(C)C1)c1ccccc1. The molecule has 0 aromatic heterocycles. The molecule has 0 saturated heterocycles. The van der Waals surface area contributed by atoms with Crippen LogP contribution in [0.3, 0.4) is 0 Å². The Kier molecular flexibility index (Phi) is 5.41. The van der Waals surface area contributed by atoms with Crippen molar-refractivity contribution in [3.8, 4) is 0 Å². The van der Waals surface area contributed by atoms with Crippen LogP contribution in [0.5, 0.6) is 0 Å². The van der Waals surface area contributed by atoms with Crippen LogP contribution in [0.15, 0.2) is 30.3 Å². The van der Waals surface area contributed by atoms with Gasteiger partial charge in [-0.2, -0.15) is 0 Å². The van der Waals surface area contributed by atoms with Gasteiger partial charge in [-0.15, -0.1) is 0 Å². The van der Waals surface area contributed by atoms with Crippen LogP contribution in [-0.4, -0.2) is 30.6 Å². The Morgan fingerprint density at radius 3 is 2.32 bits per heavy atom. The van der Waals surface area contributed by atoms with E-state index >= 15 is 0 Å². The topological polar surface area (TPSA) is 15.3 Å². The number of benzene rings is 1. The van der Waals surface area contributed by atoms with E-state index in [2.05, 4.69) is 61.3 Å². The van der Waals surface area contributed by atoms with Gasteiger partial charge >= 0.3 is 0 Å². The largest absolute Gasteiger partial charge is 0.312 e. The molecule has 1 aliphatic rings. The zero-order chi connectivity index (χ0) is 13.7. The van der Waals surface area contributed by atoms with Crippen LogP contribution in [0.2, 0.25) is 0 Å². The molecule has 0 amide bonds. The van der Waals surface area contributed by atoms with E-state index in [0.29, 0.717) is 6.04 Å². The molecule has 2 heteroatoms. The summed E-state index contributed by atoms with van der Waals surface area (Å²) in [4.78, 5) is 2.55. The summed E-state index contributed by atoms with van der Waals surface area (Å²) in [5.41, 5.74) is 1.44. The highest BCUT2D eigenvalue weighted by atomic mass is 15.2. The summed E-state index contributed by atoms with van der Waals surface area (Å²) in [7, 11) is 0. The lowest BCUT2D eigenvalue weighted by atomic mass is 9.82. The third-order valence-corrected chi connectivity index (χ3v) is 4.41. The number of hydrogen-bond donors (Lipinski definition) is 1. The van der Waals surface area contributed by atoms with Crippen LogP contribution in [0.4, 0.5) is 0 Å². The van der Waals surface area contributed by atoms with Crippen molar-refractivity contribution in [3.05, 3.63) is 35.9 Å². The molecule has 0 spiro atoms. The lowest BCUT2D eigenvalue weighted by molar-refractivity contribution is 0.180. The first-order chi connectivity index (χ1) is 9.24. The molecule has 2 rings (SSSR count). The maximum absolute atomic E-state index is 3.76. The molecule has 19 heavy (non-hydrogen) atoms. The van der Waals surface area contributed by atoms with Gasteiger partial charge in [0.25, 0.3) is 0 Å². The molecule has 1 fully saturated rings. The van der Waals surface area contributed by atoms with E-state index in [1.54, 1.807) is 0 Å². The molecule has 0 bridgehead atoms. The monoisotopic (exact) mass is 260 g/mol. The minimum absolute atomic E-state index is 0.507. The van der Waals surface area contributed by atoms with Gasteiger partial charge in [0.2, 0.25) is 0 Å². The molecular weight excluding hydrogens is 232 g/mol. The highest BCUT2D eigenvalue weighted by Crippen LogP contribution is 2.27. The van der Waals surface area contributed by atoms with Gasteiger partial charge in [0.1, 0.15) is 0 Å². The van der Waals surface area contributed by atoms with Crippen LogP contribution < -0.4 is 5.32 Å². The summed E-state index contributed by atoms with van der Waals surface area (Å²) in [5, 5.41) is 3.76. The van der Waals surface area contributed by atoms with Gasteiger partial charge in [-0.1, -0.05) is 51.1 Å². The molecule has 1 aromatic rings. The van der Waals surface area contributed by atoms with Crippen molar-refractivity contribution in [2.24, 2.45) is 5.92 Å². The highest BCUT2D eigenvalue weighted by Gasteiger charge is 2.26. The summed E-state index contributed by atoms with van der Waals surface area (Å²) >= 11 is 0. The van der Waals surface area contributed by atoms with Crippen LogP contribution in [0.1, 0.15) is 45.2 Å². The fraction of sp³-hybridized carbons (Fsp3) is 0.647. The number of rotatable bonds is 7. The Hall–Kier alpha value is -0.860. The minimum Gasteiger partial charge on any atom is -0.312 e. The molecule has 106 valence electrons. The quantitative estimate of drug-likeness (QED) is 0.807. The van der Waals surface area contributed by atoms with Crippen molar-refractivity contribution in [1.29, 1.82) is 0 Å². The van der Waals surface area contributed by atoms with Crippen molar-refractivity contribution < 1.29 is 0 Å². The molecule has 1 saturated carbocycles. The Balaban J connectivity index is 1.97. The average Bonchev–Trinajstić information content (AvgIpc) is 2.42. The maximum Gasteiger partial charge on any atom is 0.0472 e. The van der Waals surface area contributed by atoms with Gasteiger partial charge in [0.15, 0.2) is 0 Å². The molecule has 1 aliphatic carbocycles. The summed E-state index contributed by atoms with van der Waals surface area (Å²) in [6.45, 7) is 10.1. The summed E-state index contributed by atoms with van der Waals surface area (Å²) < 4.78 is 0. The number of nitrogens with one attached hydrogen (secondary N) is 1. The average molecular weight is 260 g/mol. The third-order valence-electron chi connectivity index (χ3n) is 4.41. The third kappa shape index (κ3) is 3.80. The molecule has 0 heterocycles. The lowest BCUT2D eigenvalue weighted by Gasteiger charge is -2.37. The Labute approximate surface area is 118 Å². The van der Waals surface area contributed by atoms with Gasteiger partial charge in [-0.3, -0.25) is 4.90 Å². The summed E-state index contributed by atoms with van der Waals surface area (Å²) in [5.74, 6) is 0.918. The number of nitrogens with zero attached hydrogens (tertiary/aromatic N) is 1. The molecule has 1 atom stereocenters. The first-order valence-corrected chi connectivity index (χ1v) is 7.77. The second-order valence-corrected chi connectivity index (χ2v) is 5.83. The first-order valence-electron chi connectivity index (χ1n) is 7.77. The normalized spacial score (nSPS) is 24.2. The van der Waals surface area contributed by atoms with Crippen molar-refractivity contribution in [2.75, 3.05) is 19.6 Å². The standard InChI is InChI=1S/C17H28N2/c1-4-19(5-2)17(15-9-7-6-8-10-15)13-18-16-11-14(3)12-16/h6-10,14,16-18H,4-5,11-13H2,1-3H3. The van der Waals surface area contributed by atoms with Crippen LogP contribution in [-0.2, 0) is 0 Å². The van der Waals surface area contributed by atoms with E-state index < -0.39 is 0 Å². The van der Waals surface area contributed by atoms with Crippen LogP contribution in [0.25, 0.3) is 0 Å². The second kappa shape index (κ2) is 7.06. The predicted molar refractivity (Wildman–Crippen MR) is 82.3 cm³/mol. The Morgan fingerprint density at radius 1 is 1.16 bits per heavy atom. The second-order valence-electron chi connectivity index (χ2n) is 5.83. The van der Waals surface area contributed by atoms with E-state index in [1.165, 1.54) is 18.4 Å². The Bertz CT molecular complexity index is 353. The maximum atomic E-state index is 3.76. The van der Waals surface area contributed by atoms with Gasteiger partial charge in [-0.05, 0) is 37.4 Å². The lowest BCUT2D eigenvalue weighted by Crippen LogP contribution is -2.45. The van der Waals surface area contributed by atoms with E-state index in [-0.39, 0.29) is 0 Å². The van der Waals surface area contributed by atoms with E-state index in [0.717, 1.165) is 31.6 Å². The van der Waals surface area contributed by atoms with Crippen molar-refractivity contribution in [1.82, 2.24) is 10.2 Å². The molecule has 0 aliphatic heterocycles. The van der Waals surface area contributed by atoms with Gasteiger partial charge < -0.3 is 5.32 Å². The zero-order valence-corrected chi connectivity index (χ0v) is 12.6. The summed E-state index contributed by atoms with van der Waals surface area (Å²) in [6.07, 6.45) is 2.69. The molecule has 1 N–H and O–H groups in total. The van der Waals surface area contributed by atoms with Crippen molar-refractivity contribution in [2.45, 2.75) is 45.7 Å². The Morgan fingerprint density at radius 2 is 1.79 bits per heavy atom. The minimum atomic E-state index is 0.507. The molecule has 1 aromatic carbocycles. The number of likely N-dealkylation sites (N-methyl/N-ethyl adjacent to an activating group) is 1. The van der Waals surface area contributed by atoms with Gasteiger partial charge in [0, 0.05) is 18.6 Å². The smallest absolute Gasteiger partial charge is 0.0472 e.